The topological polar surface area (TPSA) is 21.3 Å². The maximum Gasteiger partial charge on any atom is 0.0675 e. The molecule has 1 N–H and O–H groups in total. The molecule has 1 fully saturated rings. The van der Waals surface area contributed by atoms with Crippen molar-refractivity contribution in [3.8, 4) is 0 Å². The second-order valence-electron chi connectivity index (χ2n) is 4.79. The van der Waals surface area contributed by atoms with Crippen molar-refractivity contribution in [3.05, 3.63) is 0 Å². The van der Waals surface area contributed by atoms with Crippen LogP contribution in [0.1, 0.15) is 34.1 Å². The van der Waals surface area contributed by atoms with Gasteiger partial charge in [0.2, 0.25) is 0 Å². The molecule has 12 heavy (non-hydrogen) atoms. The summed E-state index contributed by atoms with van der Waals surface area (Å²) < 4.78 is 5.91. The lowest BCUT2D eigenvalue weighted by molar-refractivity contribution is -0.0496. The fraction of sp³-hybridized carbons (Fsp3) is 1.00. The first kappa shape index (κ1) is 10.0. The summed E-state index contributed by atoms with van der Waals surface area (Å²) in [6, 6.07) is 0. The summed E-state index contributed by atoms with van der Waals surface area (Å²) in [5.74, 6) is 0. The third-order valence-corrected chi connectivity index (χ3v) is 2.38. The van der Waals surface area contributed by atoms with Gasteiger partial charge in [-0.2, -0.15) is 0 Å². The highest BCUT2D eigenvalue weighted by Gasteiger charge is 2.28. The fourth-order valence-electron chi connectivity index (χ4n) is 1.57. The summed E-state index contributed by atoms with van der Waals surface area (Å²) in [6.45, 7) is 11.0. The second-order valence-corrected chi connectivity index (χ2v) is 4.79. The van der Waals surface area contributed by atoms with Crippen molar-refractivity contribution in [1.82, 2.24) is 5.32 Å². The van der Waals surface area contributed by atoms with E-state index in [0.717, 1.165) is 19.5 Å². The largest absolute Gasteiger partial charge is 0.373 e. The molecule has 0 spiro atoms. The molecule has 0 aliphatic carbocycles. The van der Waals surface area contributed by atoms with Crippen molar-refractivity contribution in [2.45, 2.75) is 46.3 Å². The Labute approximate surface area is 75.7 Å². The highest BCUT2D eigenvalue weighted by atomic mass is 16.5. The summed E-state index contributed by atoms with van der Waals surface area (Å²) in [5.41, 5.74) is 0.278. The molecule has 1 aliphatic rings. The van der Waals surface area contributed by atoms with Gasteiger partial charge in [-0.05, 0) is 25.3 Å². The van der Waals surface area contributed by atoms with Crippen LogP contribution >= 0.6 is 0 Å². The summed E-state index contributed by atoms with van der Waals surface area (Å²) in [7, 11) is 0. The third-order valence-electron chi connectivity index (χ3n) is 2.38. The predicted octanol–water partition coefficient (Wildman–Crippen LogP) is 1.80. The molecule has 1 saturated heterocycles. The first-order valence-corrected chi connectivity index (χ1v) is 4.86. The van der Waals surface area contributed by atoms with Gasteiger partial charge in [0, 0.05) is 6.54 Å². The minimum Gasteiger partial charge on any atom is -0.373 e. The van der Waals surface area contributed by atoms with E-state index >= 15 is 0 Å². The molecular weight excluding hydrogens is 150 g/mol. The molecule has 0 bridgehead atoms. The van der Waals surface area contributed by atoms with E-state index in [-0.39, 0.29) is 5.41 Å². The zero-order valence-corrected chi connectivity index (χ0v) is 8.68. The standard InChI is InChI=1S/C10H21NO/c1-8-7-11-6-5-9(12-8)10(2,3)4/h8-9,11H,5-7H2,1-4H3. The molecule has 0 saturated carbocycles. The molecule has 1 aliphatic heterocycles. The van der Waals surface area contributed by atoms with Gasteiger partial charge in [-0.25, -0.2) is 0 Å². The number of nitrogens with one attached hydrogen (secondary N) is 1. The van der Waals surface area contributed by atoms with Crippen molar-refractivity contribution in [2.75, 3.05) is 13.1 Å². The van der Waals surface area contributed by atoms with Gasteiger partial charge in [-0.15, -0.1) is 0 Å². The maximum atomic E-state index is 5.91. The summed E-state index contributed by atoms with van der Waals surface area (Å²) in [5, 5.41) is 3.37. The van der Waals surface area contributed by atoms with E-state index in [1.165, 1.54) is 0 Å². The molecule has 2 heteroatoms. The minimum atomic E-state index is 0.278. The molecule has 72 valence electrons. The van der Waals surface area contributed by atoms with Crippen molar-refractivity contribution in [3.63, 3.8) is 0 Å². The molecule has 0 radical (unpaired) electrons. The van der Waals surface area contributed by atoms with Crippen molar-refractivity contribution in [2.24, 2.45) is 5.41 Å². The van der Waals surface area contributed by atoms with Crippen LogP contribution in [0, 0.1) is 5.41 Å². The van der Waals surface area contributed by atoms with Crippen LogP contribution in [0.15, 0.2) is 0 Å². The Balaban J connectivity index is 2.52. The van der Waals surface area contributed by atoms with Gasteiger partial charge >= 0.3 is 0 Å². The summed E-state index contributed by atoms with van der Waals surface area (Å²) >= 11 is 0. The normalized spacial score (nSPS) is 33.0. The van der Waals surface area contributed by atoms with Crippen LogP contribution in [0.2, 0.25) is 0 Å². The van der Waals surface area contributed by atoms with Gasteiger partial charge in [0.25, 0.3) is 0 Å². The first-order valence-electron chi connectivity index (χ1n) is 4.86. The molecule has 0 aromatic carbocycles. The molecule has 0 amide bonds. The maximum absolute atomic E-state index is 5.91. The molecular formula is C10H21NO. The van der Waals surface area contributed by atoms with Crippen LogP contribution in [-0.4, -0.2) is 25.3 Å². The van der Waals surface area contributed by atoms with Crippen LogP contribution in [-0.2, 0) is 4.74 Å². The molecule has 1 heterocycles. The Morgan fingerprint density at radius 1 is 1.33 bits per heavy atom. The Morgan fingerprint density at radius 2 is 2.00 bits per heavy atom. The highest BCUT2D eigenvalue weighted by Crippen LogP contribution is 2.26. The van der Waals surface area contributed by atoms with Gasteiger partial charge in [-0.3, -0.25) is 0 Å². The minimum absolute atomic E-state index is 0.278. The Hall–Kier alpha value is -0.0800. The van der Waals surface area contributed by atoms with Gasteiger partial charge in [0.15, 0.2) is 0 Å². The van der Waals surface area contributed by atoms with Gasteiger partial charge in [0.1, 0.15) is 0 Å². The zero-order chi connectivity index (χ0) is 9.19. The van der Waals surface area contributed by atoms with E-state index in [4.69, 9.17) is 4.74 Å². The van der Waals surface area contributed by atoms with Crippen molar-refractivity contribution >= 4 is 0 Å². The molecule has 2 atom stereocenters. The SMILES string of the molecule is CC1CNCCC(C(C)(C)C)O1. The van der Waals surface area contributed by atoms with Gasteiger partial charge < -0.3 is 10.1 Å². The Morgan fingerprint density at radius 3 is 2.58 bits per heavy atom. The predicted molar refractivity (Wildman–Crippen MR) is 51.3 cm³/mol. The molecule has 0 aromatic rings. The molecule has 2 nitrogen and oxygen atoms in total. The lowest BCUT2D eigenvalue weighted by Crippen LogP contribution is -2.32. The first-order chi connectivity index (χ1) is 5.50. The number of hydrogen-bond donors (Lipinski definition) is 1. The van der Waals surface area contributed by atoms with Crippen LogP contribution in [0.4, 0.5) is 0 Å². The van der Waals surface area contributed by atoms with Crippen molar-refractivity contribution in [1.29, 1.82) is 0 Å². The van der Waals surface area contributed by atoms with Crippen LogP contribution < -0.4 is 5.32 Å². The Kier molecular flexibility index (Phi) is 3.13. The molecule has 2 unspecified atom stereocenters. The van der Waals surface area contributed by atoms with Crippen molar-refractivity contribution < 1.29 is 4.74 Å². The second kappa shape index (κ2) is 3.75. The lowest BCUT2D eigenvalue weighted by atomic mass is 9.87. The molecule has 1 rings (SSSR count). The van der Waals surface area contributed by atoms with Crippen LogP contribution in [0.3, 0.4) is 0 Å². The summed E-state index contributed by atoms with van der Waals surface area (Å²) in [4.78, 5) is 0. The van der Waals surface area contributed by atoms with E-state index in [1.807, 2.05) is 0 Å². The third kappa shape index (κ3) is 2.76. The highest BCUT2D eigenvalue weighted by molar-refractivity contribution is 4.79. The number of ether oxygens (including phenoxy) is 1. The van der Waals surface area contributed by atoms with E-state index in [1.54, 1.807) is 0 Å². The fourth-order valence-corrected chi connectivity index (χ4v) is 1.57. The average molecular weight is 171 g/mol. The average Bonchev–Trinajstić information content (AvgIpc) is 2.11. The van der Waals surface area contributed by atoms with E-state index in [2.05, 4.69) is 33.0 Å². The molecule has 0 aromatic heterocycles. The van der Waals surface area contributed by atoms with Crippen LogP contribution in [0.25, 0.3) is 0 Å². The van der Waals surface area contributed by atoms with E-state index < -0.39 is 0 Å². The van der Waals surface area contributed by atoms with E-state index in [0.29, 0.717) is 12.2 Å². The Bertz CT molecular complexity index is 139. The van der Waals surface area contributed by atoms with Gasteiger partial charge in [-0.1, -0.05) is 20.8 Å². The number of hydrogen-bond acceptors (Lipinski definition) is 2. The van der Waals surface area contributed by atoms with Crippen LogP contribution in [0.5, 0.6) is 0 Å². The number of rotatable bonds is 0. The zero-order valence-electron chi connectivity index (χ0n) is 8.68. The van der Waals surface area contributed by atoms with E-state index in [9.17, 15) is 0 Å². The summed E-state index contributed by atoms with van der Waals surface area (Å²) in [6.07, 6.45) is 1.90. The quantitative estimate of drug-likeness (QED) is 0.600. The smallest absolute Gasteiger partial charge is 0.0675 e. The van der Waals surface area contributed by atoms with Gasteiger partial charge in [0.05, 0.1) is 12.2 Å². The monoisotopic (exact) mass is 171 g/mol. The lowest BCUT2D eigenvalue weighted by Gasteiger charge is -2.30.